The fourth-order valence-corrected chi connectivity index (χ4v) is 3.93. The molecule has 0 bridgehead atoms. The van der Waals surface area contributed by atoms with Crippen LogP contribution in [0.3, 0.4) is 0 Å². The molecule has 172 valence electrons. The van der Waals surface area contributed by atoms with Gasteiger partial charge in [-0.3, -0.25) is 0 Å². The van der Waals surface area contributed by atoms with Gasteiger partial charge in [0.15, 0.2) is 11.6 Å². The zero-order valence-corrected chi connectivity index (χ0v) is 19.9. The first kappa shape index (κ1) is 23.0. The smallest absolute Gasteiger partial charge is 0.213 e. The summed E-state index contributed by atoms with van der Waals surface area (Å²) < 4.78 is 13.5. The van der Waals surface area contributed by atoms with E-state index in [0.717, 1.165) is 47.0 Å². The number of hydrogen-bond acceptors (Lipinski definition) is 6. The standard InChI is InChI=1S/C25H28ClN5O2/c1-4-5-8-13-30-21-11-10-19(26)14-20(21)25-29-28-23(17-32-3)31(25)15-22(30)18(2)16-33-24-9-6-7-12-27-24/h6-14H,4-5,15-17H2,1-3H3/b13-8+,22-18+. The molecule has 1 aliphatic rings. The van der Waals surface area contributed by atoms with Crippen LogP contribution in [0, 0.1) is 0 Å². The van der Waals surface area contributed by atoms with Crippen molar-refractivity contribution in [2.75, 3.05) is 18.6 Å². The van der Waals surface area contributed by atoms with Gasteiger partial charge in [0.2, 0.25) is 5.88 Å². The molecule has 0 fully saturated rings. The highest BCUT2D eigenvalue weighted by molar-refractivity contribution is 6.31. The average molecular weight is 466 g/mol. The zero-order valence-electron chi connectivity index (χ0n) is 19.2. The lowest BCUT2D eigenvalue weighted by Crippen LogP contribution is -2.22. The second-order valence-electron chi connectivity index (χ2n) is 7.85. The molecule has 1 aliphatic heterocycles. The molecule has 0 spiro atoms. The van der Waals surface area contributed by atoms with Gasteiger partial charge in [0, 0.05) is 41.9 Å². The third-order valence-corrected chi connectivity index (χ3v) is 5.67. The summed E-state index contributed by atoms with van der Waals surface area (Å²) in [6.07, 6.45) is 8.10. The Morgan fingerprint density at radius 3 is 2.85 bits per heavy atom. The zero-order chi connectivity index (χ0) is 23.2. The predicted molar refractivity (Wildman–Crippen MR) is 130 cm³/mol. The van der Waals surface area contributed by atoms with E-state index in [9.17, 15) is 0 Å². The van der Waals surface area contributed by atoms with Crippen molar-refractivity contribution in [3.05, 3.63) is 77.0 Å². The minimum Gasteiger partial charge on any atom is -0.473 e. The number of fused-ring (bicyclic) bond motifs is 3. The van der Waals surface area contributed by atoms with Gasteiger partial charge in [0.25, 0.3) is 0 Å². The van der Waals surface area contributed by atoms with Gasteiger partial charge in [-0.05, 0) is 43.2 Å². The SMILES string of the molecule is CCC/C=C/N1/C(=C(\C)COc2ccccn2)Cn2c(COC)nnc2-c2cc(Cl)ccc21. The second-order valence-corrected chi connectivity index (χ2v) is 8.28. The summed E-state index contributed by atoms with van der Waals surface area (Å²) in [4.78, 5) is 6.49. The summed E-state index contributed by atoms with van der Waals surface area (Å²) in [6, 6.07) is 11.5. The Balaban J connectivity index is 1.83. The molecule has 0 atom stereocenters. The highest BCUT2D eigenvalue weighted by atomic mass is 35.5. The maximum absolute atomic E-state index is 6.40. The van der Waals surface area contributed by atoms with Gasteiger partial charge in [-0.1, -0.05) is 37.1 Å². The van der Waals surface area contributed by atoms with E-state index < -0.39 is 0 Å². The molecule has 1 aromatic carbocycles. The molecule has 8 heteroatoms. The summed E-state index contributed by atoms with van der Waals surface area (Å²) in [5, 5.41) is 9.54. The maximum Gasteiger partial charge on any atom is 0.213 e. The van der Waals surface area contributed by atoms with E-state index in [2.05, 4.69) is 50.8 Å². The van der Waals surface area contributed by atoms with Crippen LogP contribution in [0.5, 0.6) is 5.88 Å². The molecule has 0 amide bonds. The number of pyridine rings is 1. The Hall–Kier alpha value is -3.16. The Labute approximate surface area is 199 Å². The Morgan fingerprint density at radius 2 is 2.09 bits per heavy atom. The lowest BCUT2D eigenvalue weighted by Gasteiger charge is -2.26. The third-order valence-electron chi connectivity index (χ3n) is 5.44. The molecule has 0 aliphatic carbocycles. The highest BCUT2D eigenvalue weighted by Crippen LogP contribution is 2.39. The first-order chi connectivity index (χ1) is 16.1. The van der Waals surface area contributed by atoms with Crippen LogP contribution >= 0.6 is 11.6 Å². The van der Waals surface area contributed by atoms with E-state index in [0.29, 0.717) is 30.7 Å². The fraction of sp³-hybridized carbons (Fsp3) is 0.320. The number of nitrogens with zero attached hydrogens (tertiary/aromatic N) is 5. The van der Waals surface area contributed by atoms with Crippen LogP contribution in [-0.2, 0) is 17.9 Å². The van der Waals surface area contributed by atoms with E-state index in [-0.39, 0.29) is 0 Å². The molecule has 33 heavy (non-hydrogen) atoms. The van der Waals surface area contributed by atoms with Crippen molar-refractivity contribution < 1.29 is 9.47 Å². The van der Waals surface area contributed by atoms with Crippen LogP contribution in [0.1, 0.15) is 32.5 Å². The maximum atomic E-state index is 6.40. The molecule has 7 nitrogen and oxygen atoms in total. The monoisotopic (exact) mass is 465 g/mol. The van der Waals surface area contributed by atoms with Crippen LogP contribution in [-0.4, -0.2) is 33.5 Å². The van der Waals surface area contributed by atoms with Crippen molar-refractivity contribution in [3.8, 4) is 17.3 Å². The number of methoxy groups -OCH3 is 1. The number of halogens is 1. The van der Waals surface area contributed by atoms with Crippen LogP contribution in [0.15, 0.2) is 66.1 Å². The van der Waals surface area contributed by atoms with Crippen molar-refractivity contribution in [3.63, 3.8) is 0 Å². The van der Waals surface area contributed by atoms with Crippen molar-refractivity contribution in [2.45, 2.75) is 39.8 Å². The van der Waals surface area contributed by atoms with Gasteiger partial charge in [-0.25, -0.2) is 4.98 Å². The Morgan fingerprint density at radius 1 is 1.21 bits per heavy atom. The van der Waals surface area contributed by atoms with Crippen LogP contribution < -0.4 is 9.64 Å². The van der Waals surface area contributed by atoms with Crippen molar-refractivity contribution >= 4 is 17.3 Å². The third kappa shape index (κ3) is 5.10. The van der Waals surface area contributed by atoms with Crippen LogP contribution in [0.4, 0.5) is 5.69 Å². The van der Waals surface area contributed by atoms with Crippen molar-refractivity contribution in [1.29, 1.82) is 0 Å². The Bertz CT molecular complexity index is 1160. The number of rotatable bonds is 8. The Kier molecular flexibility index (Phi) is 7.42. The highest BCUT2D eigenvalue weighted by Gasteiger charge is 2.27. The molecule has 0 saturated heterocycles. The molecule has 0 unspecified atom stereocenters. The van der Waals surface area contributed by atoms with Gasteiger partial charge in [-0.15, -0.1) is 10.2 Å². The van der Waals surface area contributed by atoms with E-state index in [4.69, 9.17) is 21.1 Å². The molecule has 3 heterocycles. The number of allylic oxidation sites excluding steroid dienone is 2. The molecule has 0 N–H and O–H groups in total. The van der Waals surface area contributed by atoms with E-state index in [1.54, 1.807) is 13.3 Å². The number of unbranched alkanes of at least 4 members (excludes halogenated alkanes) is 1. The minimum atomic E-state index is 0.366. The van der Waals surface area contributed by atoms with Crippen LogP contribution in [0.2, 0.25) is 5.02 Å². The predicted octanol–water partition coefficient (Wildman–Crippen LogP) is 5.63. The first-order valence-corrected chi connectivity index (χ1v) is 11.4. The van der Waals surface area contributed by atoms with Gasteiger partial charge in [-0.2, -0.15) is 0 Å². The van der Waals surface area contributed by atoms with Crippen LogP contribution in [0.25, 0.3) is 11.4 Å². The van der Waals surface area contributed by atoms with E-state index >= 15 is 0 Å². The molecule has 3 aromatic rings. The summed E-state index contributed by atoms with van der Waals surface area (Å²) in [5.41, 5.74) is 4.08. The van der Waals surface area contributed by atoms with Gasteiger partial charge in [0.1, 0.15) is 13.2 Å². The van der Waals surface area contributed by atoms with Gasteiger partial charge >= 0.3 is 0 Å². The largest absolute Gasteiger partial charge is 0.473 e. The van der Waals surface area contributed by atoms with Gasteiger partial charge < -0.3 is 18.9 Å². The quantitative estimate of drug-likeness (QED) is 0.429. The van der Waals surface area contributed by atoms with E-state index in [1.165, 1.54) is 0 Å². The average Bonchev–Trinajstić information content (AvgIpc) is 3.16. The summed E-state index contributed by atoms with van der Waals surface area (Å²) in [7, 11) is 1.66. The number of aromatic nitrogens is 4. The number of benzene rings is 1. The van der Waals surface area contributed by atoms with Crippen molar-refractivity contribution in [1.82, 2.24) is 19.7 Å². The lowest BCUT2D eigenvalue weighted by atomic mass is 10.1. The summed E-state index contributed by atoms with van der Waals surface area (Å²) in [5.74, 6) is 2.12. The number of anilines is 1. The number of hydrogen-bond donors (Lipinski definition) is 0. The molecule has 2 aromatic heterocycles. The summed E-state index contributed by atoms with van der Waals surface area (Å²) >= 11 is 6.40. The fourth-order valence-electron chi connectivity index (χ4n) is 3.76. The topological polar surface area (TPSA) is 65.3 Å². The first-order valence-electron chi connectivity index (χ1n) is 11.0. The molecule has 0 radical (unpaired) electrons. The molecular weight excluding hydrogens is 438 g/mol. The second kappa shape index (κ2) is 10.6. The lowest BCUT2D eigenvalue weighted by molar-refractivity contribution is 0.174. The van der Waals surface area contributed by atoms with E-state index in [1.807, 2.05) is 36.4 Å². The molecule has 4 rings (SSSR count). The summed E-state index contributed by atoms with van der Waals surface area (Å²) in [6.45, 7) is 5.60. The van der Waals surface area contributed by atoms with Crippen molar-refractivity contribution in [2.24, 2.45) is 0 Å². The minimum absolute atomic E-state index is 0.366. The normalized spacial score (nSPS) is 14.7. The number of ether oxygens (including phenoxy) is 2. The van der Waals surface area contributed by atoms with Gasteiger partial charge in [0.05, 0.1) is 12.2 Å². The molecule has 0 saturated carbocycles. The molecular formula is C25H28ClN5O2.